The number of carbonyl (C=O) groups is 3. The molecule has 164 valence electrons. The molecule has 3 rings (SSSR count). The van der Waals surface area contributed by atoms with E-state index in [4.69, 9.17) is 9.47 Å². The maximum atomic E-state index is 12.9. The number of rotatable bonds is 6. The number of sulfonamides is 1. The largest absolute Gasteiger partial charge is 0.455 e. The van der Waals surface area contributed by atoms with E-state index in [-0.39, 0.29) is 42.5 Å². The summed E-state index contributed by atoms with van der Waals surface area (Å²) in [6.07, 6.45) is 0.0671. The number of anilines is 1. The van der Waals surface area contributed by atoms with E-state index in [9.17, 15) is 22.8 Å². The van der Waals surface area contributed by atoms with Crippen LogP contribution in [0.5, 0.6) is 0 Å². The SMILES string of the molecule is Cc1ccc(NC(=O)COC(=O)C2CC(=O)N(C)C2)cc1S(=O)(=O)N1CCOCC1. The van der Waals surface area contributed by atoms with Crippen LogP contribution >= 0.6 is 0 Å². The summed E-state index contributed by atoms with van der Waals surface area (Å²) in [6, 6.07) is 4.58. The first-order valence-electron chi connectivity index (χ1n) is 9.57. The van der Waals surface area contributed by atoms with Crippen molar-refractivity contribution in [2.24, 2.45) is 5.92 Å². The van der Waals surface area contributed by atoms with Crippen molar-refractivity contribution in [3.63, 3.8) is 0 Å². The van der Waals surface area contributed by atoms with Crippen LogP contribution in [-0.2, 0) is 33.9 Å². The molecule has 10 nitrogen and oxygen atoms in total. The molecule has 2 amide bonds. The van der Waals surface area contributed by atoms with Crippen LogP contribution in [-0.4, -0.2) is 81.9 Å². The lowest BCUT2D eigenvalue weighted by Crippen LogP contribution is -2.40. The Morgan fingerprint density at radius 3 is 2.60 bits per heavy atom. The van der Waals surface area contributed by atoms with Crippen LogP contribution in [0.3, 0.4) is 0 Å². The third kappa shape index (κ3) is 4.97. The topological polar surface area (TPSA) is 122 Å². The summed E-state index contributed by atoms with van der Waals surface area (Å²) >= 11 is 0. The maximum absolute atomic E-state index is 12.9. The first-order valence-corrected chi connectivity index (χ1v) is 11.0. The summed E-state index contributed by atoms with van der Waals surface area (Å²) in [5.41, 5.74) is 0.838. The maximum Gasteiger partial charge on any atom is 0.311 e. The minimum absolute atomic E-state index is 0.0671. The van der Waals surface area contributed by atoms with Gasteiger partial charge in [0.05, 0.1) is 24.0 Å². The monoisotopic (exact) mass is 439 g/mol. The third-order valence-electron chi connectivity index (χ3n) is 5.08. The lowest BCUT2D eigenvalue weighted by atomic mass is 10.1. The van der Waals surface area contributed by atoms with Gasteiger partial charge in [-0.1, -0.05) is 6.07 Å². The average Bonchev–Trinajstić information content (AvgIpc) is 3.06. The fourth-order valence-electron chi connectivity index (χ4n) is 3.35. The van der Waals surface area contributed by atoms with Gasteiger partial charge >= 0.3 is 5.97 Å². The highest BCUT2D eigenvalue weighted by Gasteiger charge is 2.33. The number of carbonyl (C=O) groups excluding carboxylic acids is 3. The Kier molecular flexibility index (Phi) is 6.74. The van der Waals surface area contributed by atoms with Gasteiger partial charge in [0.2, 0.25) is 15.9 Å². The van der Waals surface area contributed by atoms with Gasteiger partial charge in [0.25, 0.3) is 5.91 Å². The predicted molar refractivity (Wildman–Crippen MR) is 106 cm³/mol. The van der Waals surface area contributed by atoms with Crippen LogP contribution in [0.15, 0.2) is 23.1 Å². The van der Waals surface area contributed by atoms with Crippen molar-refractivity contribution in [1.29, 1.82) is 0 Å². The van der Waals surface area contributed by atoms with Crippen molar-refractivity contribution in [2.75, 3.05) is 51.8 Å². The van der Waals surface area contributed by atoms with Gasteiger partial charge < -0.3 is 19.7 Å². The molecule has 2 saturated heterocycles. The van der Waals surface area contributed by atoms with Crippen LogP contribution in [0.1, 0.15) is 12.0 Å². The number of nitrogens with one attached hydrogen (secondary N) is 1. The smallest absolute Gasteiger partial charge is 0.311 e. The zero-order valence-electron chi connectivity index (χ0n) is 16.9. The van der Waals surface area contributed by atoms with Crippen LogP contribution in [0, 0.1) is 12.8 Å². The van der Waals surface area contributed by atoms with E-state index in [0.29, 0.717) is 18.8 Å². The number of ether oxygens (including phenoxy) is 2. The van der Waals surface area contributed by atoms with Crippen molar-refractivity contribution in [3.05, 3.63) is 23.8 Å². The lowest BCUT2D eigenvalue weighted by Gasteiger charge is -2.26. The van der Waals surface area contributed by atoms with Crippen molar-refractivity contribution in [3.8, 4) is 0 Å². The summed E-state index contributed by atoms with van der Waals surface area (Å²) < 4.78 is 37.4. The van der Waals surface area contributed by atoms with Gasteiger partial charge in [0.1, 0.15) is 0 Å². The molecule has 1 unspecified atom stereocenters. The Labute approximate surface area is 175 Å². The standard InChI is InChI=1S/C19H25N3O7S/c1-13-3-4-15(10-16(13)30(26,27)22-5-7-28-8-6-22)20-17(23)12-29-19(25)14-9-18(24)21(2)11-14/h3-4,10,14H,5-9,11-12H2,1-2H3,(H,20,23). The molecule has 0 radical (unpaired) electrons. The van der Waals surface area contributed by atoms with Gasteiger partial charge in [-0.15, -0.1) is 0 Å². The molecule has 0 saturated carbocycles. The Balaban J connectivity index is 1.61. The zero-order valence-corrected chi connectivity index (χ0v) is 17.7. The molecule has 0 spiro atoms. The molecular weight excluding hydrogens is 414 g/mol. The molecule has 0 aliphatic carbocycles. The van der Waals surface area contributed by atoms with Gasteiger partial charge in [-0.2, -0.15) is 4.31 Å². The van der Waals surface area contributed by atoms with Crippen molar-refractivity contribution in [1.82, 2.24) is 9.21 Å². The van der Waals surface area contributed by atoms with E-state index in [1.807, 2.05) is 0 Å². The van der Waals surface area contributed by atoms with E-state index in [2.05, 4.69) is 5.32 Å². The van der Waals surface area contributed by atoms with Crippen molar-refractivity contribution >= 4 is 33.5 Å². The number of esters is 1. The predicted octanol–water partition coefficient (Wildman–Crippen LogP) is -0.0241. The molecule has 11 heteroatoms. The van der Waals surface area contributed by atoms with E-state index >= 15 is 0 Å². The van der Waals surface area contributed by atoms with Crippen LogP contribution in [0.25, 0.3) is 0 Å². The van der Waals surface area contributed by atoms with E-state index < -0.39 is 34.4 Å². The van der Waals surface area contributed by atoms with E-state index in [1.165, 1.54) is 15.3 Å². The summed E-state index contributed by atoms with van der Waals surface area (Å²) in [5, 5.41) is 2.55. The third-order valence-corrected chi connectivity index (χ3v) is 7.12. The van der Waals surface area contributed by atoms with Gasteiger partial charge in [0.15, 0.2) is 6.61 Å². The van der Waals surface area contributed by atoms with Crippen molar-refractivity contribution < 1.29 is 32.3 Å². The quantitative estimate of drug-likeness (QED) is 0.618. The number of aryl methyl sites for hydroxylation is 1. The fraction of sp³-hybridized carbons (Fsp3) is 0.526. The number of morpholine rings is 1. The molecule has 2 aliphatic rings. The van der Waals surface area contributed by atoms with E-state index in [1.54, 1.807) is 26.1 Å². The minimum atomic E-state index is -3.72. The first-order chi connectivity index (χ1) is 14.2. The number of hydrogen-bond donors (Lipinski definition) is 1. The molecular formula is C19H25N3O7S. The highest BCUT2D eigenvalue weighted by molar-refractivity contribution is 7.89. The molecule has 0 aromatic heterocycles. The number of benzene rings is 1. The highest BCUT2D eigenvalue weighted by atomic mass is 32.2. The second kappa shape index (κ2) is 9.11. The number of hydrogen-bond acceptors (Lipinski definition) is 7. The van der Waals surface area contributed by atoms with Crippen molar-refractivity contribution in [2.45, 2.75) is 18.2 Å². The molecule has 2 aliphatic heterocycles. The lowest BCUT2D eigenvalue weighted by molar-refractivity contribution is -0.151. The summed E-state index contributed by atoms with van der Waals surface area (Å²) in [7, 11) is -2.12. The summed E-state index contributed by atoms with van der Waals surface area (Å²) in [4.78, 5) is 37.2. The van der Waals surface area contributed by atoms with Crippen LogP contribution in [0.2, 0.25) is 0 Å². The summed E-state index contributed by atoms with van der Waals surface area (Å²) in [5.74, 6) is -1.93. The number of likely N-dealkylation sites (tertiary alicyclic amines) is 1. The van der Waals surface area contributed by atoms with Crippen LogP contribution in [0.4, 0.5) is 5.69 Å². The van der Waals surface area contributed by atoms with Crippen LogP contribution < -0.4 is 5.32 Å². The molecule has 1 aromatic carbocycles. The molecule has 30 heavy (non-hydrogen) atoms. The Bertz CT molecular complexity index is 941. The van der Waals surface area contributed by atoms with Gasteiger partial charge in [0, 0.05) is 38.8 Å². The average molecular weight is 439 g/mol. The first kappa shape index (κ1) is 22.2. The Hall–Kier alpha value is -2.50. The molecule has 0 bridgehead atoms. The minimum Gasteiger partial charge on any atom is -0.455 e. The Morgan fingerprint density at radius 2 is 1.97 bits per heavy atom. The van der Waals surface area contributed by atoms with Gasteiger partial charge in [-0.3, -0.25) is 14.4 Å². The van der Waals surface area contributed by atoms with Gasteiger partial charge in [-0.05, 0) is 24.6 Å². The Morgan fingerprint density at radius 1 is 1.27 bits per heavy atom. The normalized spacial score (nSPS) is 20.3. The second-order valence-corrected chi connectivity index (χ2v) is 9.23. The van der Waals surface area contributed by atoms with E-state index in [0.717, 1.165) is 0 Å². The molecule has 1 N–H and O–H groups in total. The highest BCUT2D eigenvalue weighted by Crippen LogP contribution is 2.24. The molecule has 2 fully saturated rings. The summed E-state index contributed by atoms with van der Waals surface area (Å²) in [6.45, 7) is 2.64. The molecule has 1 atom stereocenters. The number of amides is 2. The van der Waals surface area contributed by atoms with Gasteiger partial charge in [-0.25, -0.2) is 8.42 Å². The molecule has 1 aromatic rings. The molecule has 2 heterocycles. The fourth-order valence-corrected chi connectivity index (χ4v) is 5.01. The second-order valence-electron chi connectivity index (χ2n) is 7.33. The number of nitrogens with zero attached hydrogens (tertiary/aromatic N) is 2. The zero-order chi connectivity index (χ0) is 21.9.